The van der Waals surface area contributed by atoms with Crippen molar-refractivity contribution in [3.05, 3.63) is 68.4 Å². The summed E-state index contributed by atoms with van der Waals surface area (Å²) in [7, 11) is 0. The number of thiophene rings is 1. The molecule has 3 aromatic heterocycles. The third kappa shape index (κ3) is 6.44. The second-order valence-corrected chi connectivity index (χ2v) is 14.4. The molecule has 0 unspecified atom stereocenters. The number of rotatable bonds is 11. The first-order valence-electron chi connectivity index (χ1n) is 16.8. The predicted molar refractivity (Wildman–Crippen MR) is 179 cm³/mol. The maximum Gasteiger partial charge on any atom is 0.333 e. The highest BCUT2D eigenvalue weighted by Crippen LogP contribution is 2.36. The number of ether oxygens (including phenoxy) is 4. The Morgan fingerprint density at radius 1 is 1.10 bits per heavy atom. The second-order valence-electron chi connectivity index (χ2n) is 13.5. The van der Waals surface area contributed by atoms with Crippen LogP contribution in [0.25, 0.3) is 15.2 Å². The molecule has 15 heteroatoms. The summed E-state index contributed by atoms with van der Waals surface area (Å²) in [6.07, 6.45) is 4.95. The van der Waals surface area contributed by atoms with E-state index in [-0.39, 0.29) is 29.9 Å². The number of aromatic nitrogens is 5. The van der Waals surface area contributed by atoms with Crippen molar-refractivity contribution in [2.45, 2.75) is 70.7 Å². The van der Waals surface area contributed by atoms with Gasteiger partial charge in [0.05, 0.1) is 50.2 Å². The molecule has 3 fully saturated rings. The standard InChI is InChI=1S/C34H41FN6O7S/c1-21-28-29(42)40(34(2,3)32(43)38-12-4-5-13-38)33(44)39(31(28)49-30(21)41-36-10-11-37-41)17-27(48-24-8-14-45-15-9-24)25-16-23(35)6-7-26(25)47-20-22-18-46-19-22/h6-7,10-11,16,22,24,27H,4-5,8-9,12-15,17-20H2,1-3H3/t27-/m0/s1. The van der Waals surface area contributed by atoms with Crippen LogP contribution in [0.3, 0.4) is 0 Å². The van der Waals surface area contributed by atoms with E-state index in [1.807, 2.05) is 0 Å². The summed E-state index contributed by atoms with van der Waals surface area (Å²) in [6, 6.07) is 4.30. The number of hydrogen-bond acceptors (Lipinski definition) is 10. The monoisotopic (exact) mass is 696 g/mol. The number of hydrogen-bond donors (Lipinski definition) is 0. The molecule has 3 saturated heterocycles. The molecule has 6 heterocycles. The van der Waals surface area contributed by atoms with Gasteiger partial charge in [-0.1, -0.05) is 11.3 Å². The van der Waals surface area contributed by atoms with E-state index < -0.39 is 28.7 Å². The zero-order valence-electron chi connectivity index (χ0n) is 27.9. The second kappa shape index (κ2) is 13.8. The van der Waals surface area contributed by atoms with Crippen molar-refractivity contribution >= 4 is 27.5 Å². The Morgan fingerprint density at radius 3 is 2.49 bits per heavy atom. The van der Waals surface area contributed by atoms with Crippen molar-refractivity contribution in [3.63, 3.8) is 0 Å². The van der Waals surface area contributed by atoms with Gasteiger partial charge in [-0.3, -0.25) is 14.2 Å². The van der Waals surface area contributed by atoms with Gasteiger partial charge in [0.15, 0.2) is 0 Å². The van der Waals surface area contributed by atoms with Crippen molar-refractivity contribution < 1.29 is 28.1 Å². The van der Waals surface area contributed by atoms with E-state index in [4.69, 9.17) is 18.9 Å². The normalized spacial score (nSPS) is 18.2. The highest BCUT2D eigenvalue weighted by Gasteiger charge is 2.39. The van der Waals surface area contributed by atoms with Crippen LogP contribution in [0.4, 0.5) is 4.39 Å². The van der Waals surface area contributed by atoms with E-state index in [0.717, 1.165) is 17.4 Å². The summed E-state index contributed by atoms with van der Waals surface area (Å²) in [4.78, 5) is 46.7. The molecular formula is C34H41FN6O7S. The molecule has 7 rings (SSSR count). The molecule has 0 aliphatic carbocycles. The van der Waals surface area contributed by atoms with E-state index in [0.29, 0.717) is 85.7 Å². The number of amides is 1. The van der Waals surface area contributed by atoms with Crippen molar-refractivity contribution in [2.75, 3.05) is 46.1 Å². The predicted octanol–water partition coefficient (Wildman–Crippen LogP) is 3.57. The van der Waals surface area contributed by atoms with Gasteiger partial charge < -0.3 is 23.8 Å². The molecule has 1 aromatic carbocycles. The van der Waals surface area contributed by atoms with Gasteiger partial charge in [0.25, 0.3) is 5.56 Å². The van der Waals surface area contributed by atoms with E-state index >= 15 is 4.39 Å². The highest BCUT2D eigenvalue weighted by atomic mass is 32.1. The number of fused-ring (bicyclic) bond motifs is 1. The Hall–Kier alpha value is -3.92. The van der Waals surface area contributed by atoms with Gasteiger partial charge in [-0.05, 0) is 64.7 Å². The molecule has 1 atom stereocenters. The average molecular weight is 697 g/mol. The number of aryl methyl sites for hydroxylation is 1. The SMILES string of the molecule is Cc1c(-n2nccn2)sc2c1c(=O)n(C(C)(C)C(=O)N1CCCC1)c(=O)n2C[C@H](OC1CCOCC1)c1cc(F)ccc1OCC1COC1. The minimum Gasteiger partial charge on any atom is -0.493 e. The number of carbonyl (C=O) groups excluding carboxylic acids is 1. The molecule has 0 spiro atoms. The fourth-order valence-electron chi connectivity index (χ4n) is 6.82. The summed E-state index contributed by atoms with van der Waals surface area (Å²) in [5.74, 6) is -0.116. The smallest absolute Gasteiger partial charge is 0.333 e. The van der Waals surface area contributed by atoms with Gasteiger partial charge >= 0.3 is 5.69 Å². The van der Waals surface area contributed by atoms with Crippen LogP contribution in [0.2, 0.25) is 0 Å². The molecule has 13 nitrogen and oxygen atoms in total. The molecule has 49 heavy (non-hydrogen) atoms. The van der Waals surface area contributed by atoms with Crippen LogP contribution in [-0.2, 0) is 31.1 Å². The fraction of sp³-hybridized carbons (Fsp3) is 0.559. The van der Waals surface area contributed by atoms with Gasteiger partial charge in [-0.2, -0.15) is 10.2 Å². The van der Waals surface area contributed by atoms with E-state index in [1.165, 1.54) is 45.2 Å². The van der Waals surface area contributed by atoms with Crippen LogP contribution in [0.15, 0.2) is 40.2 Å². The Morgan fingerprint density at radius 2 is 1.82 bits per heavy atom. The lowest BCUT2D eigenvalue weighted by Crippen LogP contribution is -2.56. The van der Waals surface area contributed by atoms with Gasteiger partial charge in [0.2, 0.25) is 5.91 Å². The first kappa shape index (κ1) is 33.6. The van der Waals surface area contributed by atoms with Gasteiger partial charge in [-0.15, -0.1) is 4.80 Å². The molecule has 4 aromatic rings. The highest BCUT2D eigenvalue weighted by molar-refractivity contribution is 7.21. The Labute approximate surface area is 286 Å². The molecule has 0 N–H and O–H groups in total. The van der Waals surface area contributed by atoms with Gasteiger partial charge in [-0.25, -0.2) is 13.8 Å². The summed E-state index contributed by atoms with van der Waals surface area (Å²) >= 11 is 1.20. The molecule has 0 bridgehead atoms. The number of likely N-dealkylation sites (tertiary alicyclic amines) is 1. The quantitative estimate of drug-likeness (QED) is 0.231. The minimum atomic E-state index is -1.50. The summed E-state index contributed by atoms with van der Waals surface area (Å²) < 4.78 is 41.4. The number of carbonyl (C=O) groups is 1. The minimum absolute atomic E-state index is 0.0841. The first-order chi connectivity index (χ1) is 23.6. The Kier molecular flexibility index (Phi) is 9.43. The van der Waals surface area contributed by atoms with Crippen molar-refractivity contribution in [2.24, 2.45) is 5.92 Å². The lowest BCUT2D eigenvalue weighted by molar-refractivity contribution is -0.138. The molecule has 3 aliphatic rings. The van der Waals surface area contributed by atoms with Crippen LogP contribution in [-0.4, -0.2) is 87.2 Å². The number of halogens is 1. The van der Waals surface area contributed by atoms with Crippen LogP contribution >= 0.6 is 11.3 Å². The lowest BCUT2D eigenvalue weighted by atomic mass is 10.0. The molecule has 0 radical (unpaired) electrons. The average Bonchev–Trinajstić information content (AvgIpc) is 3.85. The largest absolute Gasteiger partial charge is 0.493 e. The number of benzene rings is 1. The summed E-state index contributed by atoms with van der Waals surface area (Å²) in [6.45, 7) is 8.64. The Bertz CT molecular complexity index is 1940. The molecule has 3 aliphatic heterocycles. The Balaban J connectivity index is 1.40. The van der Waals surface area contributed by atoms with Gasteiger partial charge in [0, 0.05) is 43.3 Å². The van der Waals surface area contributed by atoms with Crippen LogP contribution in [0.5, 0.6) is 5.75 Å². The van der Waals surface area contributed by atoms with Crippen LogP contribution < -0.4 is 16.0 Å². The van der Waals surface area contributed by atoms with Crippen LogP contribution in [0, 0.1) is 18.7 Å². The van der Waals surface area contributed by atoms with Crippen molar-refractivity contribution in [3.8, 4) is 10.8 Å². The summed E-state index contributed by atoms with van der Waals surface area (Å²) in [5, 5.41) is 9.41. The van der Waals surface area contributed by atoms with Crippen molar-refractivity contribution in [1.82, 2.24) is 29.0 Å². The number of nitrogens with zero attached hydrogens (tertiary/aromatic N) is 6. The third-order valence-corrected chi connectivity index (χ3v) is 10.9. The molecular weight excluding hydrogens is 655 g/mol. The molecule has 0 saturated carbocycles. The van der Waals surface area contributed by atoms with E-state index in [2.05, 4.69) is 10.2 Å². The maximum atomic E-state index is 15.0. The maximum absolute atomic E-state index is 15.0. The third-order valence-electron chi connectivity index (χ3n) is 9.64. The zero-order chi connectivity index (χ0) is 34.3. The van der Waals surface area contributed by atoms with E-state index in [9.17, 15) is 14.4 Å². The molecule has 1 amide bonds. The zero-order valence-corrected chi connectivity index (χ0v) is 28.7. The van der Waals surface area contributed by atoms with Gasteiger partial charge in [0.1, 0.15) is 33.0 Å². The van der Waals surface area contributed by atoms with Crippen molar-refractivity contribution in [1.29, 1.82) is 0 Å². The first-order valence-corrected chi connectivity index (χ1v) is 17.6. The van der Waals surface area contributed by atoms with Crippen LogP contribution in [0.1, 0.15) is 56.8 Å². The molecule has 262 valence electrons. The topological polar surface area (TPSA) is 132 Å². The fourth-order valence-corrected chi connectivity index (χ4v) is 8.04. The van der Waals surface area contributed by atoms with E-state index in [1.54, 1.807) is 31.7 Å². The lowest BCUT2D eigenvalue weighted by Gasteiger charge is -2.32. The summed E-state index contributed by atoms with van der Waals surface area (Å²) in [5.41, 5.74) is -1.71.